The first-order chi connectivity index (χ1) is 8.81. The maximum absolute atomic E-state index is 6.42. The minimum atomic E-state index is -1.65. The Morgan fingerprint density at radius 1 is 0.947 bits per heavy atom. The van der Waals surface area contributed by atoms with Gasteiger partial charge in [-0.05, 0) is 42.0 Å². The van der Waals surface area contributed by atoms with E-state index < -0.39 is 8.32 Å². The largest absolute Gasteiger partial charge is 0.413 e. The highest BCUT2D eigenvalue weighted by Gasteiger charge is 2.36. The molecule has 0 bridgehead atoms. The highest BCUT2D eigenvalue weighted by Crippen LogP contribution is 2.33. The summed E-state index contributed by atoms with van der Waals surface area (Å²) in [5.74, 6) is 4.66. The highest BCUT2D eigenvalue weighted by molar-refractivity contribution is 6.74. The van der Waals surface area contributed by atoms with Gasteiger partial charge in [-0.3, -0.25) is 0 Å². The molecule has 0 atom stereocenters. The van der Waals surface area contributed by atoms with Gasteiger partial charge in [0.05, 0.1) is 6.61 Å². The summed E-state index contributed by atoms with van der Waals surface area (Å²) in [7, 11) is -1.65. The third kappa shape index (κ3) is 9.08. The zero-order valence-corrected chi connectivity index (χ0v) is 14.7. The van der Waals surface area contributed by atoms with E-state index in [4.69, 9.17) is 10.8 Å². The van der Waals surface area contributed by atoms with E-state index in [2.05, 4.69) is 47.5 Å². The third-order valence-electron chi connectivity index (χ3n) is 3.04. The van der Waals surface area contributed by atoms with Crippen LogP contribution in [0, 0.1) is 30.1 Å². The molecule has 0 rings (SSSR count). The molecule has 0 radical (unpaired) electrons. The molecule has 0 fully saturated rings. The summed E-state index contributed by atoms with van der Waals surface area (Å²) in [6.45, 7) is 14.5. The van der Waals surface area contributed by atoms with E-state index in [1.807, 2.05) is 6.08 Å². The summed E-state index contributed by atoms with van der Waals surface area (Å²) in [4.78, 5) is 0. The van der Waals surface area contributed by atoms with E-state index in [0.29, 0.717) is 24.4 Å². The normalized spacial score (nSPS) is 12.8. The Morgan fingerprint density at radius 2 is 1.37 bits per heavy atom. The molecule has 110 valence electrons. The Balaban J connectivity index is 4.88. The van der Waals surface area contributed by atoms with Gasteiger partial charge in [0, 0.05) is 0 Å². The molecular formula is C17H32OSi. The Kier molecular flexibility index (Phi) is 9.13. The lowest BCUT2D eigenvalue weighted by Gasteiger charge is -2.35. The van der Waals surface area contributed by atoms with E-state index in [-0.39, 0.29) is 0 Å². The molecule has 0 spiro atoms. The van der Waals surface area contributed by atoms with Crippen LogP contribution in [-0.2, 0) is 4.43 Å². The fourth-order valence-electron chi connectivity index (χ4n) is 3.00. The van der Waals surface area contributed by atoms with Crippen LogP contribution in [0.2, 0.25) is 18.1 Å². The number of hydrogen-bond donors (Lipinski definition) is 0. The molecule has 19 heavy (non-hydrogen) atoms. The van der Waals surface area contributed by atoms with Crippen LogP contribution in [0.1, 0.15) is 41.5 Å². The minimum absolute atomic E-state index is 0.683. The smallest absolute Gasteiger partial charge is 0.194 e. The Labute approximate surface area is 122 Å². The number of allylic oxidation sites excluding steroid dienone is 1. The molecule has 0 aromatic rings. The number of rotatable bonds is 9. The van der Waals surface area contributed by atoms with Crippen molar-refractivity contribution in [1.29, 1.82) is 0 Å². The van der Waals surface area contributed by atoms with Crippen LogP contribution in [0.15, 0.2) is 12.2 Å². The minimum Gasteiger partial charge on any atom is -0.413 e. The van der Waals surface area contributed by atoms with Crippen LogP contribution in [0.5, 0.6) is 0 Å². The fourth-order valence-corrected chi connectivity index (χ4v) is 8.77. The molecule has 0 unspecified atom stereocenters. The van der Waals surface area contributed by atoms with Crippen LogP contribution < -0.4 is 0 Å². The monoisotopic (exact) mass is 280 g/mol. The van der Waals surface area contributed by atoms with Crippen LogP contribution in [-0.4, -0.2) is 14.9 Å². The molecule has 0 N–H and O–H groups in total. The van der Waals surface area contributed by atoms with E-state index in [1.165, 1.54) is 18.1 Å². The van der Waals surface area contributed by atoms with Crippen molar-refractivity contribution in [2.24, 2.45) is 17.8 Å². The molecular weight excluding hydrogens is 248 g/mol. The predicted octanol–water partition coefficient (Wildman–Crippen LogP) is 5.11. The Bertz CT molecular complexity index is 270. The van der Waals surface area contributed by atoms with Crippen LogP contribution in [0.25, 0.3) is 0 Å². The average Bonchev–Trinajstić information content (AvgIpc) is 2.21. The maximum atomic E-state index is 6.42. The van der Waals surface area contributed by atoms with Crippen molar-refractivity contribution in [3.05, 3.63) is 12.2 Å². The lowest BCUT2D eigenvalue weighted by molar-refractivity contribution is 0.322. The van der Waals surface area contributed by atoms with Gasteiger partial charge in [0.2, 0.25) is 0 Å². The Hall–Kier alpha value is -0.523. The second-order valence-corrected chi connectivity index (χ2v) is 10.7. The summed E-state index contributed by atoms with van der Waals surface area (Å²) in [5, 5.41) is 0. The maximum Gasteiger partial charge on any atom is 0.194 e. The van der Waals surface area contributed by atoms with Gasteiger partial charge < -0.3 is 4.43 Å². The third-order valence-corrected chi connectivity index (χ3v) is 8.50. The predicted molar refractivity (Wildman–Crippen MR) is 88.6 cm³/mol. The van der Waals surface area contributed by atoms with Gasteiger partial charge in [0.25, 0.3) is 0 Å². The summed E-state index contributed by atoms with van der Waals surface area (Å²) in [5.41, 5.74) is 0. The molecule has 2 heteroatoms. The van der Waals surface area contributed by atoms with Gasteiger partial charge in [-0.25, -0.2) is 0 Å². The quantitative estimate of drug-likeness (QED) is 0.421. The first kappa shape index (κ1) is 18.5. The summed E-state index contributed by atoms with van der Waals surface area (Å²) in [6, 6.07) is 3.77. The van der Waals surface area contributed by atoms with Crippen molar-refractivity contribution in [3.8, 4) is 12.3 Å². The van der Waals surface area contributed by atoms with E-state index >= 15 is 0 Å². The van der Waals surface area contributed by atoms with Crippen LogP contribution in [0.3, 0.4) is 0 Å². The van der Waals surface area contributed by atoms with E-state index in [1.54, 1.807) is 6.08 Å². The van der Waals surface area contributed by atoms with Crippen molar-refractivity contribution in [3.63, 3.8) is 0 Å². The molecule has 0 saturated carbocycles. The van der Waals surface area contributed by atoms with E-state index in [0.717, 1.165) is 0 Å². The molecule has 0 amide bonds. The molecule has 0 aliphatic rings. The van der Waals surface area contributed by atoms with Crippen molar-refractivity contribution >= 4 is 8.32 Å². The molecule has 0 saturated heterocycles. The number of hydrogen-bond acceptors (Lipinski definition) is 1. The second kappa shape index (κ2) is 9.39. The van der Waals surface area contributed by atoms with Gasteiger partial charge >= 0.3 is 0 Å². The van der Waals surface area contributed by atoms with Gasteiger partial charge in [-0.15, -0.1) is 6.42 Å². The zero-order chi connectivity index (χ0) is 14.9. The zero-order valence-electron chi connectivity index (χ0n) is 13.7. The van der Waals surface area contributed by atoms with Crippen molar-refractivity contribution in [2.75, 3.05) is 6.61 Å². The fraction of sp³-hybridized carbons (Fsp3) is 0.765. The van der Waals surface area contributed by atoms with Crippen molar-refractivity contribution < 1.29 is 4.43 Å². The molecule has 0 aromatic heterocycles. The highest BCUT2D eigenvalue weighted by atomic mass is 28.4. The first-order valence-corrected chi connectivity index (χ1v) is 10.1. The SMILES string of the molecule is C#C/C=C/CO[Si](CC(C)C)(CC(C)C)CC(C)C. The molecule has 0 heterocycles. The summed E-state index contributed by atoms with van der Waals surface area (Å²) in [6.07, 6.45) is 8.96. The van der Waals surface area contributed by atoms with Crippen molar-refractivity contribution in [1.82, 2.24) is 0 Å². The first-order valence-electron chi connectivity index (χ1n) is 7.56. The van der Waals surface area contributed by atoms with Gasteiger partial charge in [-0.1, -0.05) is 53.5 Å². The van der Waals surface area contributed by atoms with Gasteiger partial charge in [0.1, 0.15) is 0 Å². The van der Waals surface area contributed by atoms with Crippen LogP contribution >= 0.6 is 0 Å². The summed E-state index contributed by atoms with van der Waals surface area (Å²) < 4.78 is 6.42. The average molecular weight is 281 g/mol. The Morgan fingerprint density at radius 3 is 1.68 bits per heavy atom. The molecule has 1 nitrogen and oxygen atoms in total. The topological polar surface area (TPSA) is 9.23 Å². The standard InChI is InChI=1S/C17H32OSi/c1-8-9-10-11-18-19(12-15(2)3,13-16(4)5)14-17(6)7/h1,9-10,15-17H,11-14H2,2-7H3/b10-9+. The number of terminal acetylenes is 1. The lowest BCUT2D eigenvalue weighted by atomic mass is 10.2. The van der Waals surface area contributed by atoms with Gasteiger partial charge in [0.15, 0.2) is 8.32 Å². The molecule has 0 aliphatic heterocycles. The van der Waals surface area contributed by atoms with Crippen LogP contribution in [0.4, 0.5) is 0 Å². The molecule has 0 aliphatic carbocycles. The van der Waals surface area contributed by atoms with E-state index in [9.17, 15) is 0 Å². The molecule has 0 aromatic carbocycles. The lowest BCUT2D eigenvalue weighted by Crippen LogP contribution is -2.42. The van der Waals surface area contributed by atoms with Gasteiger partial charge in [-0.2, -0.15) is 0 Å². The summed E-state index contributed by atoms with van der Waals surface area (Å²) >= 11 is 0. The second-order valence-electron chi connectivity index (χ2n) is 6.86. The van der Waals surface area contributed by atoms with Crippen molar-refractivity contribution in [2.45, 2.75) is 59.7 Å².